The molecule has 0 aliphatic carbocycles. The van der Waals surface area contributed by atoms with Gasteiger partial charge in [0.25, 0.3) is 5.69 Å². The summed E-state index contributed by atoms with van der Waals surface area (Å²) in [5.74, 6) is 0.0632. The second-order valence-corrected chi connectivity index (χ2v) is 5.05. The van der Waals surface area contributed by atoms with E-state index in [1.54, 1.807) is 25.1 Å². The second kappa shape index (κ2) is 5.91. The molecule has 0 amide bonds. The molecule has 24 heavy (non-hydrogen) atoms. The number of nitro benzene ring substituents is 1. The van der Waals surface area contributed by atoms with E-state index in [9.17, 15) is 20.2 Å². The van der Waals surface area contributed by atoms with Crippen LogP contribution in [0.5, 0.6) is 0 Å². The molecular formula is C14H11N5O5. The van der Waals surface area contributed by atoms with Gasteiger partial charge < -0.3 is 14.6 Å². The third-order valence-corrected chi connectivity index (χ3v) is 3.44. The minimum Gasteiger partial charge on any atom is -0.390 e. The SMILES string of the molecule is Cc1ccc(-c2cc(Cn3ccnc3[N+](=O)[O-])on2)cc1[N+](=O)[O-]. The van der Waals surface area contributed by atoms with Crippen molar-refractivity contribution in [2.75, 3.05) is 0 Å². The third kappa shape index (κ3) is 2.84. The summed E-state index contributed by atoms with van der Waals surface area (Å²) < 4.78 is 6.47. The molecule has 0 bridgehead atoms. The lowest BCUT2D eigenvalue weighted by Crippen LogP contribution is -2.03. The molecule has 0 saturated heterocycles. The van der Waals surface area contributed by atoms with E-state index in [1.165, 1.54) is 23.0 Å². The fraction of sp³-hybridized carbons (Fsp3) is 0.143. The van der Waals surface area contributed by atoms with Gasteiger partial charge in [0.1, 0.15) is 24.6 Å². The van der Waals surface area contributed by atoms with E-state index in [2.05, 4.69) is 10.1 Å². The fourth-order valence-electron chi connectivity index (χ4n) is 2.25. The maximum atomic E-state index is 11.0. The Morgan fingerprint density at radius 3 is 2.71 bits per heavy atom. The number of hydrogen-bond donors (Lipinski definition) is 0. The third-order valence-electron chi connectivity index (χ3n) is 3.44. The molecule has 0 N–H and O–H groups in total. The summed E-state index contributed by atoms with van der Waals surface area (Å²) in [5.41, 5.74) is 1.47. The van der Waals surface area contributed by atoms with E-state index in [4.69, 9.17) is 4.52 Å². The predicted molar refractivity (Wildman–Crippen MR) is 81.3 cm³/mol. The van der Waals surface area contributed by atoms with Crippen LogP contribution >= 0.6 is 0 Å². The van der Waals surface area contributed by atoms with Gasteiger partial charge in [-0.2, -0.15) is 0 Å². The highest BCUT2D eigenvalue weighted by atomic mass is 16.6. The molecule has 0 radical (unpaired) electrons. The zero-order valence-electron chi connectivity index (χ0n) is 12.4. The summed E-state index contributed by atoms with van der Waals surface area (Å²) in [6.07, 6.45) is 2.77. The Balaban J connectivity index is 1.88. The molecule has 122 valence electrons. The van der Waals surface area contributed by atoms with E-state index in [0.29, 0.717) is 22.6 Å². The quantitative estimate of drug-likeness (QED) is 0.519. The molecule has 10 nitrogen and oxygen atoms in total. The Hall–Kier alpha value is -3.56. The van der Waals surface area contributed by atoms with Gasteiger partial charge in [0, 0.05) is 23.3 Å². The van der Waals surface area contributed by atoms with Crippen molar-refractivity contribution in [1.29, 1.82) is 0 Å². The minimum absolute atomic E-state index is 0.0118. The van der Waals surface area contributed by atoms with E-state index >= 15 is 0 Å². The lowest BCUT2D eigenvalue weighted by Gasteiger charge is -1.99. The van der Waals surface area contributed by atoms with Gasteiger partial charge in [0.15, 0.2) is 5.76 Å². The first-order valence-corrected chi connectivity index (χ1v) is 6.82. The molecular weight excluding hydrogens is 318 g/mol. The molecule has 2 aromatic heterocycles. The molecule has 3 rings (SSSR count). The Bertz CT molecular complexity index is 929. The summed E-state index contributed by atoms with van der Waals surface area (Å²) in [6.45, 7) is 1.73. The zero-order valence-corrected chi connectivity index (χ0v) is 12.4. The standard InChI is InChI=1S/C14H11N5O5/c1-9-2-3-10(6-13(9)18(20)21)12-7-11(24-16-12)8-17-5-4-15-14(17)19(22)23/h2-7H,8H2,1H3. The first kappa shape index (κ1) is 15.3. The number of nitrogens with zero attached hydrogens (tertiary/aromatic N) is 5. The van der Waals surface area contributed by atoms with Crippen LogP contribution in [0.3, 0.4) is 0 Å². The Morgan fingerprint density at radius 1 is 1.21 bits per heavy atom. The summed E-state index contributed by atoms with van der Waals surface area (Å²) in [4.78, 5) is 24.4. The molecule has 3 aromatic rings. The summed E-state index contributed by atoms with van der Waals surface area (Å²) in [5, 5.41) is 25.7. The van der Waals surface area contributed by atoms with E-state index in [0.717, 1.165) is 0 Å². The van der Waals surface area contributed by atoms with E-state index < -0.39 is 9.85 Å². The Labute approximate surface area is 134 Å². The van der Waals surface area contributed by atoms with Crippen molar-refractivity contribution in [3.8, 4) is 11.3 Å². The van der Waals surface area contributed by atoms with Crippen LogP contribution in [0.1, 0.15) is 11.3 Å². The van der Waals surface area contributed by atoms with Gasteiger partial charge >= 0.3 is 5.95 Å². The van der Waals surface area contributed by atoms with Crippen molar-refractivity contribution in [1.82, 2.24) is 14.7 Å². The molecule has 0 saturated carbocycles. The molecule has 10 heteroatoms. The average molecular weight is 329 g/mol. The van der Waals surface area contributed by atoms with Crippen molar-refractivity contribution in [3.63, 3.8) is 0 Å². The number of nitro groups is 2. The van der Waals surface area contributed by atoms with Gasteiger partial charge in [0.2, 0.25) is 0 Å². The normalized spacial score (nSPS) is 10.7. The van der Waals surface area contributed by atoms with Crippen molar-refractivity contribution in [2.45, 2.75) is 13.5 Å². The van der Waals surface area contributed by atoms with Crippen LogP contribution < -0.4 is 0 Å². The van der Waals surface area contributed by atoms with Gasteiger partial charge in [0.05, 0.1) is 4.92 Å². The van der Waals surface area contributed by atoms with Crippen molar-refractivity contribution in [3.05, 3.63) is 68.2 Å². The predicted octanol–water partition coefficient (Wildman–Crippen LogP) is 2.71. The summed E-state index contributed by atoms with van der Waals surface area (Å²) in [6, 6.07) is 6.32. The van der Waals surface area contributed by atoms with Crippen molar-refractivity contribution < 1.29 is 14.4 Å². The van der Waals surface area contributed by atoms with Crippen molar-refractivity contribution >= 4 is 11.6 Å². The van der Waals surface area contributed by atoms with Crippen LogP contribution in [-0.4, -0.2) is 24.6 Å². The lowest BCUT2D eigenvalue weighted by atomic mass is 10.1. The van der Waals surface area contributed by atoms with Crippen LogP contribution in [-0.2, 0) is 6.54 Å². The molecule has 0 atom stereocenters. The van der Waals surface area contributed by atoms with Crippen LogP contribution in [0, 0.1) is 27.2 Å². The molecule has 0 fully saturated rings. The highest BCUT2D eigenvalue weighted by Crippen LogP contribution is 2.27. The summed E-state index contributed by atoms with van der Waals surface area (Å²) in [7, 11) is 0. The highest BCUT2D eigenvalue weighted by molar-refractivity contribution is 5.64. The number of benzene rings is 1. The molecule has 2 heterocycles. The smallest absolute Gasteiger partial charge is 0.390 e. The maximum absolute atomic E-state index is 11.0. The topological polar surface area (TPSA) is 130 Å². The largest absolute Gasteiger partial charge is 0.434 e. The van der Waals surface area contributed by atoms with Crippen LogP contribution in [0.25, 0.3) is 11.3 Å². The van der Waals surface area contributed by atoms with Crippen LogP contribution in [0.2, 0.25) is 0 Å². The lowest BCUT2D eigenvalue weighted by molar-refractivity contribution is -0.396. The van der Waals surface area contributed by atoms with Gasteiger partial charge in [-0.05, 0) is 11.8 Å². The van der Waals surface area contributed by atoms with Gasteiger partial charge in [-0.3, -0.25) is 10.1 Å². The molecule has 0 spiro atoms. The first-order chi connectivity index (χ1) is 11.5. The molecule has 0 aliphatic rings. The average Bonchev–Trinajstić information content (AvgIpc) is 3.17. The van der Waals surface area contributed by atoms with Gasteiger partial charge in [-0.1, -0.05) is 22.3 Å². The molecule has 1 aromatic carbocycles. The second-order valence-electron chi connectivity index (χ2n) is 5.05. The number of rotatable bonds is 5. The zero-order chi connectivity index (χ0) is 17.3. The monoisotopic (exact) mass is 329 g/mol. The number of hydrogen-bond acceptors (Lipinski definition) is 7. The highest BCUT2D eigenvalue weighted by Gasteiger charge is 2.18. The van der Waals surface area contributed by atoms with E-state index in [-0.39, 0.29) is 18.2 Å². The number of imidazole rings is 1. The molecule has 0 unspecified atom stereocenters. The van der Waals surface area contributed by atoms with E-state index in [1.807, 2.05) is 0 Å². The Morgan fingerprint density at radius 2 is 2.00 bits per heavy atom. The van der Waals surface area contributed by atoms with Crippen LogP contribution in [0.4, 0.5) is 11.6 Å². The first-order valence-electron chi connectivity index (χ1n) is 6.82. The Kier molecular flexibility index (Phi) is 3.78. The van der Waals surface area contributed by atoms with Crippen LogP contribution in [0.15, 0.2) is 41.2 Å². The summed E-state index contributed by atoms with van der Waals surface area (Å²) >= 11 is 0. The maximum Gasteiger partial charge on any atom is 0.434 e. The minimum atomic E-state index is -0.597. The number of aryl methyl sites for hydroxylation is 1. The van der Waals surface area contributed by atoms with Crippen molar-refractivity contribution in [2.24, 2.45) is 0 Å². The number of aromatic nitrogens is 3. The fourth-order valence-corrected chi connectivity index (χ4v) is 2.25. The van der Waals surface area contributed by atoms with Gasteiger partial charge in [-0.15, -0.1) is 0 Å². The molecule has 0 aliphatic heterocycles. The van der Waals surface area contributed by atoms with Gasteiger partial charge in [-0.25, -0.2) is 4.57 Å².